The smallest absolute Gasteiger partial charge is 0.00796 e. The van der Waals surface area contributed by atoms with E-state index in [-0.39, 0.29) is 5.41 Å². The standard InChI is InChI=1S/C29H44.C26H40.C3H9P.C3H6/c1-9-10-11-12-15-28(5,6)24-16-21(4)27-23(17-24)19-29(7,8)26-14-13-22(20(2)3)18-25(26)27;1-7-8-9-12-15-25(3,4)21-16-19(2)24-20(17-21)18-26(5,6)23-14-11-10-13-22(23)24;1-3-4-2;1-3-2/h13,16-17,25-26H,2,9-12,14-15,18-19H2,1,3-8H3;10-11,16-17,22-23H,7-9,12-15,18H2,1-6H3;4H,3H2,1-2H3;3H,1H2,2H3. The van der Waals surface area contributed by atoms with Gasteiger partial charge in [-0.25, -0.2) is 0 Å². The van der Waals surface area contributed by atoms with Gasteiger partial charge < -0.3 is 0 Å². The SMILES string of the molecule is C=C(C)C1=CCC2C(C1)c1c(C)cc(C(C)(C)CCCCCC)cc1CC2(C)C.C=CC.CCCCCCC(C)(C)c1cc(C)c2c(c1)CC(C)(C)C1CC=CCC21.CCPC. The molecular formula is C61H99P. The zero-order chi connectivity index (χ0) is 46.5. The molecule has 6 rings (SSSR count). The zero-order valence-corrected chi connectivity index (χ0v) is 44.9. The lowest BCUT2D eigenvalue weighted by Crippen LogP contribution is -2.38. The Balaban J connectivity index is 0.000000288. The van der Waals surface area contributed by atoms with E-state index < -0.39 is 0 Å². The highest BCUT2D eigenvalue weighted by molar-refractivity contribution is 7.36. The maximum atomic E-state index is 4.25. The number of hydrogen-bond donors (Lipinski definition) is 0. The van der Waals surface area contributed by atoms with E-state index in [0.717, 1.165) is 26.3 Å². The van der Waals surface area contributed by atoms with Gasteiger partial charge in [0, 0.05) is 0 Å². The van der Waals surface area contributed by atoms with Crippen molar-refractivity contribution < 1.29 is 0 Å². The quantitative estimate of drug-likeness (QED) is 0.101. The highest BCUT2D eigenvalue weighted by Crippen LogP contribution is 2.56. The number of benzene rings is 2. The van der Waals surface area contributed by atoms with Crippen molar-refractivity contribution in [2.45, 2.75) is 229 Å². The van der Waals surface area contributed by atoms with E-state index in [0.29, 0.717) is 22.2 Å². The van der Waals surface area contributed by atoms with Crippen LogP contribution in [0.15, 0.2) is 72.9 Å². The summed E-state index contributed by atoms with van der Waals surface area (Å²) in [6, 6.07) is 10.3. The molecule has 0 radical (unpaired) electrons. The Morgan fingerprint density at radius 1 is 0.694 bits per heavy atom. The minimum atomic E-state index is 0.268. The predicted octanol–water partition coefficient (Wildman–Crippen LogP) is 19.2. The first-order valence-electron chi connectivity index (χ1n) is 25.6. The van der Waals surface area contributed by atoms with Gasteiger partial charge in [-0.3, -0.25) is 0 Å². The van der Waals surface area contributed by atoms with Crippen LogP contribution in [0, 0.1) is 36.5 Å². The fraction of sp³-hybridized carbons (Fsp3) is 0.672. The first kappa shape index (κ1) is 54.2. The molecule has 62 heavy (non-hydrogen) atoms. The molecule has 5 unspecified atom stereocenters. The van der Waals surface area contributed by atoms with Gasteiger partial charge in [-0.05, 0) is 187 Å². The van der Waals surface area contributed by atoms with Gasteiger partial charge in [0.2, 0.25) is 0 Å². The molecular weight excluding hydrogens is 764 g/mol. The number of fused-ring (bicyclic) bond motifs is 6. The summed E-state index contributed by atoms with van der Waals surface area (Å²) in [7, 11) is 1.14. The molecule has 0 heterocycles. The van der Waals surface area contributed by atoms with E-state index in [2.05, 4.69) is 159 Å². The Labute approximate surface area is 389 Å². The number of aryl methyl sites for hydroxylation is 2. The summed E-state index contributed by atoms with van der Waals surface area (Å²) in [6.07, 6.45) is 31.3. The van der Waals surface area contributed by atoms with Crippen molar-refractivity contribution in [2.75, 3.05) is 12.8 Å². The lowest BCUT2D eigenvalue weighted by atomic mass is 9.56. The van der Waals surface area contributed by atoms with Crippen LogP contribution in [0.1, 0.15) is 236 Å². The number of allylic oxidation sites excluding steroid dienone is 6. The average molecular weight is 863 g/mol. The van der Waals surface area contributed by atoms with Crippen molar-refractivity contribution in [2.24, 2.45) is 22.7 Å². The topological polar surface area (TPSA) is 0 Å². The van der Waals surface area contributed by atoms with Gasteiger partial charge >= 0.3 is 0 Å². The summed E-state index contributed by atoms with van der Waals surface area (Å²) >= 11 is 0. The summed E-state index contributed by atoms with van der Waals surface area (Å²) in [4.78, 5) is 0. The molecule has 0 aliphatic heterocycles. The highest BCUT2D eigenvalue weighted by atomic mass is 31.1. The summed E-state index contributed by atoms with van der Waals surface area (Å²) in [5.74, 6) is 2.96. The lowest BCUT2D eigenvalue weighted by molar-refractivity contribution is 0.151. The predicted molar refractivity (Wildman–Crippen MR) is 285 cm³/mol. The van der Waals surface area contributed by atoms with E-state index >= 15 is 0 Å². The van der Waals surface area contributed by atoms with Gasteiger partial charge in [-0.15, -0.1) is 15.2 Å². The second kappa shape index (κ2) is 24.4. The van der Waals surface area contributed by atoms with E-state index in [1.54, 1.807) is 45.0 Å². The molecule has 1 heteroatoms. The summed E-state index contributed by atoms with van der Waals surface area (Å²) < 4.78 is 0. The van der Waals surface area contributed by atoms with Crippen LogP contribution < -0.4 is 0 Å². The minimum Gasteiger partial charge on any atom is -0.126 e. The molecule has 0 nitrogen and oxygen atoms in total. The van der Waals surface area contributed by atoms with Crippen LogP contribution in [0.2, 0.25) is 0 Å². The largest absolute Gasteiger partial charge is 0.126 e. The molecule has 0 saturated carbocycles. The fourth-order valence-corrected chi connectivity index (χ4v) is 11.8. The molecule has 0 bridgehead atoms. The molecule has 4 aliphatic rings. The average Bonchev–Trinajstić information content (AvgIpc) is 3.20. The van der Waals surface area contributed by atoms with Crippen molar-refractivity contribution in [3.05, 3.63) is 117 Å². The van der Waals surface area contributed by atoms with Gasteiger partial charge in [0.05, 0.1) is 0 Å². The normalized spacial score (nSPS) is 21.9. The summed E-state index contributed by atoms with van der Waals surface area (Å²) in [5.41, 5.74) is 17.0. The monoisotopic (exact) mass is 863 g/mol. The van der Waals surface area contributed by atoms with Crippen molar-refractivity contribution in [3.8, 4) is 0 Å². The van der Waals surface area contributed by atoms with Crippen LogP contribution >= 0.6 is 8.58 Å². The number of hydrogen-bond acceptors (Lipinski definition) is 0. The highest BCUT2D eigenvalue weighted by Gasteiger charge is 2.45. The fourth-order valence-electron chi connectivity index (χ4n) is 11.8. The first-order valence-corrected chi connectivity index (χ1v) is 27.4. The van der Waals surface area contributed by atoms with Gasteiger partial charge in [0.1, 0.15) is 0 Å². The Hall–Kier alpha value is -2.17. The molecule has 2 aromatic rings. The number of unbranched alkanes of at least 4 members (excludes halogenated alkanes) is 6. The lowest BCUT2D eigenvalue weighted by Gasteiger charge is -2.48. The Morgan fingerprint density at radius 2 is 1.11 bits per heavy atom. The second-order valence-corrected chi connectivity index (χ2v) is 24.3. The van der Waals surface area contributed by atoms with Crippen LogP contribution in [0.25, 0.3) is 0 Å². The first-order chi connectivity index (χ1) is 29.2. The summed E-state index contributed by atoms with van der Waals surface area (Å²) in [5, 5.41) is 0. The van der Waals surface area contributed by atoms with Crippen LogP contribution in [0.3, 0.4) is 0 Å². The van der Waals surface area contributed by atoms with Crippen molar-refractivity contribution >= 4 is 8.58 Å². The maximum absolute atomic E-state index is 4.25. The number of rotatable bonds is 14. The molecule has 5 atom stereocenters. The third-order valence-corrected chi connectivity index (χ3v) is 16.4. The van der Waals surface area contributed by atoms with Crippen LogP contribution in [0.5, 0.6) is 0 Å². The van der Waals surface area contributed by atoms with Crippen LogP contribution in [-0.4, -0.2) is 12.8 Å². The van der Waals surface area contributed by atoms with Gasteiger partial charge in [0.15, 0.2) is 0 Å². The van der Waals surface area contributed by atoms with Gasteiger partial charge in [-0.2, -0.15) is 0 Å². The van der Waals surface area contributed by atoms with Gasteiger partial charge in [-0.1, -0.05) is 188 Å². The summed E-state index contributed by atoms with van der Waals surface area (Å²) in [6.45, 7) is 45.3. The zero-order valence-electron chi connectivity index (χ0n) is 43.9. The molecule has 0 amide bonds. The van der Waals surface area contributed by atoms with E-state index in [4.69, 9.17) is 0 Å². The van der Waals surface area contributed by atoms with Crippen LogP contribution in [0.4, 0.5) is 0 Å². The third-order valence-electron chi connectivity index (χ3n) is 15.7. The van der Waals surface area contributed by atoms with Gasteiger partial charge in [0.25, 0.3) is 0 Å². The molecule has 2 aromatic carbocycles. The molecule has 4 aliphatic carbocycles. The Kier molecular flexibility index (Phi) is 21.3. The van der Waals surface area contributed by atoms with Crippen molar-refractivity contribution in [3.63, 3.8) is 0 Å². The minimum absolute atomic E-state index is 0.268. The van der Waals surface area contributed by atoms with E-state index in [1.165, 1.54) is 126 Å². The molecule has 0 spiro atoms. The third kappa shape index (κ3) is 14.2. The Morgan fingerprint density at radius 3 is 1.53 bits per heavy atom. The maximum Gasteiger partial charge on any atom is -0.00796 e. The van der Waals surface area contributed by atoms with Crippen molar-refractivity contribution in [1.82, 2.24) is 0 Å². The Bertz CT molecular complexity index is 1790. The molecule has 0 fully saturated rings. The van der Waals surface area contributed by atoms with E-state index in [1.807, 2.05) is 6.92 Å². The molecule has 0 N–H and O–H groups in total. The van der Waals surface area contributed by atoms with Crippen molar-refractivity contribution in [1.29, 1.82) is 0 Å². The second-order valence-electron chi connectivity index (χ2n) is 22.9. The molecule has 348 valence electrons. The van der Waals surface area contributed by atoms with E-state index in [9.17, 15) is 0 Å². The molecule has 0 aromatic heterocycles. The van der Waals surface area contributed by atoms with Crippen LogP contribution in [-0.2, 0) is 23.7 Å². The molecule has 0 saturated heterocycles.